The molecule has 0 radical (unpaired) electrons. The Morgan fingerprint density at radius 2 is 1.91 bits per heavy atom. The molecule has 1 N–H and O–H groups in total. The molecule has 0 fully saturated rings. The maximum absolute atomic E-state index is 12.5. The lowest BCUT2D eigenvalue weighted by atomic mass is 10.0. The number of hydrogen-bond donors (Lipinski definition) is 1. The molecular weight excluding hydrogens is 310 g/mol. The molecule has 0 bridgehead atoms. The Balaban J connectivity index is 2.51. The summed E-state index contributed by atoms with van der Waals surface area (Å²) in [4.78, 5) is 30.3. The van der Waals surface area contributed by atoms with E-state index in [-0.39, 0.29) is 23.9 Å². The quantitative estimate of drug-likeness (QED) is 0.690. The summed E-state index contributed by atoms with van der Waals surface area (Å²) < 4.78 is 0. The van der Waals surface area contributed by atoms with Crippen molar-refractivity contribution in [3.63, 3.8) is 0 Å². The minimum absolute atomic E-state index is 0.0447. The van der Waals surface area contributed by atoms with Gasteiger partial charge in [0.1, 0.15) is 6.54 Å². The number of rotatable bonds is 9. The zero-order valence-electron chi connectivity index (χ0n) is 14.7. The SMILES string of the molecule is CCCCCCCC(=O)N(CC(=O)Nc1nccs1)C(C)(C)C. The van der Waals surface area contributed by atoms with Crippen LogP contribution in [0.15, 0.2) is 11.6 Å². The van der Waals surface area contributed by atoms with Gasteiger partial charge in [-0.1, -0.05) is 32.6 Å². The van der Waals surface area contributed by atoms with Crippen molar-refractivity contribution in [1.29, 1.82) is 0 Å². The molecule has 1 aromatic heterocycles. The number of carbonyl (C=O) groups is 2. The van der Waals surface area contributed by atoms with Crippen LogP contribution in [0, 0.1) is 0 Å². The largest absolute Gasteiger partial charge is 0.329 e. The van der Waals surface area contributed by atoms with Crippen LogP contribution in [0.4, 0.5) is 5.13 Å². The second kappa shape index (κ2) is 9.65. The molecular formula is C17H29N3O2S. The number of thiazole rings is 1. The Bertz CT molecular complexity index is 481. The molecule has 0 unspecified atom stereocenters. The van der Waals surface area contributed by atoms with Crippen molar-refractivity contribution >= 4 is 28.3 Å². The van der Waals surface area contributed by atoms with E-state index in [0.29, 0.717) is 11.6 Å². The predicted molar refractivity (Wildman–Crippen MR) is 95.6 cm³/mol. The van der Waals surface area contributed by atoms with Crippen molar-refractivity contribution in [3.8, 4) is 0 Å². The third kappa shape index (κ3) is 7.59. The van der Waals surface area contributed by atoms with Crippen LogP contribution in [0.2, 0.25) is 0 Å². The van der Waals surface area contributed by atoms with Crippen molar-refractivity contribution in [3.05, 3.63) is 11.6 Å². The first-order valence-electron chi connectivity index (χ1n) is 8.34. The number of hydrogen-bond acceptors (Lipinski definition) is 4. The molecule has 0 spiro atoms. The highest BCUT2D eigenvalue weighted by molar-refractivity contribution is 7.13. The minimum atomic E-state index is -0.374. The fourth-order valence-electron chi connectivity index (χ4n) is 2.30. The molecule has 6 heteroatoms. The normalized spacial score (nSPS) is 11.3. The van der Waals surface area contributed by atoms with E-state index >= 15 is 0 Å². The van der Waals surface area contributed by atoms with E-state index in [9.17, 15) is 9.59 Å². The van der Waals surface area contributed by atoms with Crippen molar-refractivity contribution in [1.82, 2.24) is 9.88 Å². The smallest absolute Gasteiger partial charge is 0.245 e. The zero-order valence-corrected chi connectivity index (χ0v) is 15.5. The average Bonchev–Trinajstić information content (AvgIpc) is 2.96. The Hall–Kier alpha value is -1.43. The highest BCUT2D eigenvalue weighted by Crippen LogP contribution is 2.17. The molecule has 0 aromatic carbocycles. The van der Waals surface area contributed by atoms with Gasteiger partial charge in [0.15, 0.2) is 5.13 Å². The topological polar surface area (TPSA) is 62.3 Å². The summed E-state index contributed by atoms with van der Waals surface area (Å²) in [5.41, 5.74) is -0.374. The van der Waals surface area contributed by atoms with Crippen LogP contribution in [-0.4, -0.2) is 33.8 Å². The maximum atomic E-state index is 12.5. The first kappa shape index (κ1) is 19.6. The molecule has 1 heterocycles. The van der Waals surface area contributed by atoms with E-state index in [1.807, 2.05) is 20.8 Å². The Morgan fingerprint density at radius 1 is 1.22 bits per heavy atom. The van der Waals surface area contributed by atoms with Crippen LogP contribution >= 0.6 is 11.3 Å². The van der Waals surface area contributed by atoms with Crippen molar-refractivity contribution in [2.45, 2.75) is 71.8 Å². The van der Waals surface area contributed by atoms with Crippen LogP contribution in [0.5, 0.6) is 0 Å². The number of nitrogens with one attached hydrogen (secondary N) is 1. The predicted octanol–water partition coefficient (Wildman–Crippen LogP) is 4.07. The number of aromatic nitrogens is 1. The molecule has 0 aliphatic carbocycles. The van der Waals surface area contributed by atoms with Crippen LogP contribution < -0.4 is 5.32 Å². The van der Waals surface area contributed by atoms with Crippen molar-refractivity contribution in [2.75, 3.05) is 11.9 Å². The number of amides is 2. The summed E-state index contributed by atoms with van der Waals surface area (Å²) in [7, 11) is 0. The van der Waals surface area contributed by atoms with E-state index < -0.39 is 0 Å². The lowest BCUT2D eigenvalue weighted by molar-refractivity contribution is -0.139. The molecule has 23 heavy (non-hydrogen) atoms. The Labute approximate surface area is 143 Å². The molecule has 1 aromatic rings. The molecule has 2 amide bonds. The second-order valence-corrected chi connectivity index (χ2v) is 7.59. The van der Waals surface area contributed by atoms with Gasteiger partial charge < -0.3 is 10.2 Å². The van der Waals surface area contributed by atoms with Crippen LogP contribution in [-0.2, 0) is 9.59 Å². The van der Waals surface area contributed by atoms with Gasteiger partial charge in [-0.2, -0.15) is 0 Å². The second-order valence-electron chi connectivity index (χ2n) is 6.70. The monoisotopic (exact) mass is 339 g/mol. The summed E-state index contributed by atoms with van der Waals surface area (Å²) in [6.07, 6.45) is 7.69. The van der Waals surface area contributed by atoms with Crippen LogP contribution in [0.1, 0.15) is 66.2 Å². The molecule has 0 saturated heterocycles. The zero-order chi connectivity index (χ0) is 17.3. The lowest BCUT2D eigenvalue weighted by Gasteiger charge is -2.35. The van der Waals surface area contributed by atoms with Gasteiger partial charge in [0.2, 0.25) is 11.8 Å². The third-order valence-corrected chi connectivity index (χ3v) is 4.27. The number of unbranched alkanes of at least 4 members (excludes halogenated alkanes) is 4. The average molecular weight is 340 g/mol. The van der Waals surface area contributed by atoms with E-state index in [4.69, 9.17) is 0 Å². The van der Waals surface area contributed by atoms with Gasteiger partial charge in [0, 0.05) is 23.5 Å². The first-order valence-corrected chi connectivity index (χ1v) is 9.22. The van der Waals surface area contributed by atoms with E-state index in [0.717, 1.165) is 12.8 Å². The highest BCUT2D eigenvalue weighted by atomic mass is 32.1. The molecule has 1 rings (SSSR count). The third-order valence-electron chi connectivity index (χ3n) is 3.59. The molecule has 0 aliphatic heterocycles. The lowest BCUT2D eigenvalue weighted by Crippen LogP contribution is -2.49. The Kier molecular flexibility index (Phi) is 8.23. The molecule has 130 valence electrons. The number of carbonyl (C=O) groups excluding carboxylic acids is 2. The van der Waals surface area contributed by atoms with E-state index in [2.05, 4.69) is 17.2 Å². The van der Waals surface area contributed by atoms with Crippen molar-refractivity contribution < 1.29 is 9.59 Å². The standard InChI is InChI=1S/C17H29N3O2S/c1-5-6-7-8-9-10-15(22)20(17(2,3)4)13-14(21)19-16-18-11-12-23-16/h11-12H,5-10,13H2,1-4H3,(H,18,19,21). The summed E-state index contributed by atoms with van der Waals surface area (Å²) in [5.74, 6) is -0.155. The summed E-state index contributed by atoms with van der Waals surface area (Å²) in [6, 6.07) is 0. The molecule has 0 aliphatic rings. The molecule has 0 atom stereocenters. The van der Waals surface area contributed by atoms with E-state index in [1.54, 1.807) is 16.5 Å². The fourth-order valence-corrected chi connectivity index (χ4v) is 2.85. The summed E-state index contributed by atoms with van der Waals surface area (Å²) in [6.45, 7) is 8.11. The van der Waals surface area contributed by atoms with Gasteiger partial charge in [0.05, 0.1) is 0 Å². The van der Waals surface area contributed by atoms with E-state index in [1.165, 1.54) is 30.6 Å². The maximum Gasteiger partial charge on any atom is 0.245 e. The molecule has 0 saturated carbocycles. The van der Waals surface area contributed by atoms with Gasteiger partial charge in [-0.15, -0.1) is 11.3 Å². The van der Waals surface area contributed by atoms with Crippen molar-refractivity contribution in [2.24, 2.45) is 0 Å². The summed E-state index contributed by atoms with van der Waals surface area (Å²) in [5, 5.41) is 5.11. The summed E-state index contributed by atoms with van der Waals surface area (Å²) >= 11 is 1.37. The van der Waals surface area contributed by atoms with Gasteiger partial charge in [-0.3, -0.25) is 9.59 Å². The van der Waals surface area contributed by atoms with Gasteiger partial charge in [-0.05, 0) is 27.2 Å². The fraction of sp³-hybridized carbons (Fsp3) is 0.706. The minimum Gasteiger partial charge on any atom is -0.329 e. The van der Waals surface area contributed by atoms with Gasteiger partial charge in [0.25, 0.3) is 0 Å². The number of nitrogens with zero attached hydrogens (tertiary/aromatic N) is 2. The molecule has 5 nitrogen and oxygen atoms in total. The van der Waals surface area contributed by atoms with Crippen LogP contribution in [0.3, 0.4) is 0 Å². The number of anilines is 1. The Morgan fingerprint density at radius 3 is 2.48 bits per heavy atom. The highest BCUT2D eigenvalue weighted by Gasteiger charge is 2.28. The van der Waals surface area contributed by atoms with Gasteiger partial charge >= 0.3 is 0 Å². The van der Waals surface area contributed by atoms with Crippen LogP contribution in [0.25, 0.3) is 0 Å². The first-order chi connectivity index (χ1) is 10.8. The van der Waals surface area contributed by atoms with Gasteiger partial charge in [-0.25, -0.2) is 4.98 Å².